The van der Waals surface area contributed by atoms with Crippen LogP contribution < -0.4 is 14.8 Å². The highest BCUT2D eigenvalue weighted by Gasteiger charge is 2.28. The molecule has 3 rings (SSSR count). The molecule has 0 saturated heterocycles. The Bertz CT molecular complexity index is 462. The van der Waals surface area contributed by atoms with Crippen LogP contribution >= 0.6 is 15.9 Å². The Balaban J connectivity index is 2.18. The maximum Gasteiger partial charge on any atom is 0.166 e. The smallest absolute Gasteiger partial charge is 0.166 e. The number of nitrogens with one attached hydrogen (secondary N) is 1. The van der Waals surface area contributed by atoms with Crippen LogP contribution in [0.5, 0.6) is 11.5 Å². The lowest BCUT2D eigenvalue weighted by molar-refractivity contribution is 0.168. The third-order valence-electron chi connectivity index (χ3n) is 3.79. The molecule has 3 nitrogen and oxygen atoms in total. The maximum atomic E-state index is 5.88. The minimum absolute atomic E-state index is 0.371. The second-order valence-electron chi connectivity index (χ2n) is 4.86. The van der Waals surface area contributed by atoms with E-state index >= 15 is 0 Å². The van der Waals surface area contributed by atoms with Crippen molar-refractivity contribution in [3.8, 4) is 11.5 Å². The summed E-state index contributed by atoms with van der Waals surface area (Å²) < 4.78 is 12.8. The summed E-state index contributed by atoms with van der Waals surface area (Å²) in [6.45, 7) is 1.29. The Hall–Kier alpha value is -0.740. The number of hydrogen-bond acceptors (Lipinski definition) is 3. The summed E-state index contributed by atoms with van der Waals surface area (Å²) in [6.07, 6.45) is 4.77. The molecule has 0 spiro atoms. The van der Waals surface area contributed by atoms with Crippen LogP contribution in [0.3, 0.4) is 0 Å². The first kappa shape index (κ1) is 12.3. The largest absolute Gasteiger partial charge is 0.486 e. The molecule has 0 aromatic heterocycles. The Morgan fingerprint density at radius 2 is 2.11 bits per heavy atom. The molecule has 0 bridgehead atoms. The molecule has 1 aliphatic heterocycles. The highest BCUT2D eigenvalue weighted by Crippen LogP contribution is 2.45. The molecular weight excluding hydrogens is 294 g/mol. The monoisotopic (exact) mass is 311 g/mol. The molecule has 1 atom stereocenters. The van der Waals surface area contributed by atoms with E-state index < -0.39 is 0 Å². The van der Waals surface area contributed by atoms with Gasteiger partial charge in [0.05, 0.1) is 0 Å². The lowest BCUT2D eigenvalue weighted by atomic mass is 9.97. The number of halogens is 1. The molecule has 1 N–H and O–H groups in total. The quantitative estimate of drug-likeness (QED) is 0.808. The van der Waals surface area contributed by atoms with Crippen molar-refractivity contribution in [2.24, 2.45) is 0 Å². The highest BCUT2D eigenvalue weighted by atomic mass is 79.9. The normalized spacial score (nSPS) is 22.2. The van der Waals surface area contributed by atoms with Gasteiger partial charge in [-0.2, -0.15) is 0 Å². The minimum Gasteiger partial charge on any atom is -0.486 e. The second kappa shape index (κ2) is 5.10. The van der Waals surface area contributed by atoms with Crippen LogP contribution in [0.25, 0.3) is 0 Å². The summed E-state index contributed by atoms with van der Waals surface area (Å²) in [5.74, 6) is 1.84. The van der Waals surface area contributed by atoms with E-state index in [0.717, 1.165) is 28.8 Å². The van der Waals surface area contributed by atoms with Gasteiger partial charge in [0.1, 0.15) is 13.2 Å². The summed E-state index contributed by atoms with van der Waals surface area (Å²) in [5.41, 5.74) is 2.69. The fourth-order valence-corrected chi connectivity index (χ4v) is 3.54. The molecule has 1 aromatic rings. The van der Waals surface area contributed by atoms with Crippen LogP contribution in [0.15, 0.2) is 10.5 Å². The van der Waals surface area contributed by atoms with Crippen molar-refractivity contribution in [2.75, 3.05) is 20.3 Å². The predicted octanol–water partition coefficient (Wildman–Crippen LogP) is 3.21. The average Bonchev–Trinajstić information content (AvgIpc) is 2.61. The summed E-state index contributed by atoms with van der Waals surface area (Å²) >= 11 is 3.69. The molecule has 0 saturated carbocycles. The van der Waals surface area contributed by atoms with Gasteiger partial charge in [-0.05, 0) is 37.9 Å². The van der Waals surface area contributed by atoms with Gasteiger partial charge in [-0.1, -0.05) is 22.4 Å². The molecule has 98 valence electrons. The van der Waals surface area contributed by atoms with Gasteiger partial charge in [0.25, 0.3) is 0 Å². The van der Waals surface area contributed by atoms with E-state index in [9.17, 15) is 0 Å². The minimum atomic E-state index is 0.371. The van der Waals surface area contributed by atoms with Crippen molar-refractivity contribution in [3.05, 3.63) is 21.7 Å². The summed E-state index contributed by atoms with van der Waals surface area (Å²) in [5, 5.41) is 3.42. The number of benzene rings is 1. The maximum absolute atomic E-state index is 5.88. The molecule has 0 amide bonds. The van der Waals surface area contributed by atoms with Crippen LogP contribution in [0.2, 0.25) is 0 Å². The number of ether oxygens (including phenoxy) is 2. The van der Waals surface area contributed by atoms with E-state index in [1.54, 1.807) is 0 Å². The molecule has 4 heteroatoms. The van der Waals surface area contributed by atoms with Crippen molar-refractivity contribution in [3.63, 3.8) is 0 Å². The van der Waals surface area contributed by atoms with Crippen molar-refractivity contribution in [1.29, 1.82) is 0 Å². The lowest BCUT2D eigenvalue weighted by Crippen LogP contribution is -2.22. The first-order valence-electron chi connectivity index (χ1n) is 6.59. The second-order valence-corrected chi connectivity index (χ2v) is 5.72. The van der Waals surface area contributed by atoms with Crippen molar-refractivity contribution < 1.29 is 9.47 Å². The number of rotatable bonds is 1. The van der Waals surface area contributed by atoms with E-state index in [0.29, 0.717) is 19.3 Å². The fraction of sp³-hybridized carbons (Fsp3) is 0.571. The van der Waals surface area contributed by atoms with Crippen molar-refractivity contribution >= 4 is 15.9 Å². The fourth-order valence-electron chi connectivity index (χ4n) is 2.92. The molecule has 1 unspecified atom stereocenters. The molecule has 0 radical (unpaired) electrons. The zero-order valence-corrected chi connectivity index (χ0v) is 12.2. The molecule has 18 heavy (non-hydrogen) atoms. The summed E-state index contributed by atoms with van der Waals surface area (Å²) in [6, 6.07) is 2.43. The van der Waals surface area contributed by atoms with E-state index in [2.05, 4.69) is 27.3 Å². The topological polar surface area (TPSA) is 30.5 Å². The van der Waals surface area contributed by atoms with Crippen molar-refractivity contribution in [1.82, 2.24) is 5.32 Å². The SMILES string of the molecule is CNC1CCCCc2c(Br)cc3c(c21)OCCO3. The number of fused-ring (bicyclic) bond motifs is 3. The average molecular weight is 312 g/mol. The Morgan fingerprint density at radius 3 is 2.94 bits per heavy atom. The van der Waals surface area contributed by atoms with Gasteiger partial charge in [-0.25, -0.2) is 0 Å². The van der Waals surface area contributed by atoms with Crippen LogP contribution in [0.1, 0.15) is 36.4 Å². The lowest BCUT2D eigenvalue weighted by Gasteiger charge is -2.27. The highest BCUT2D eigenvalue weighted by molar-refractivity contribution is 9.10. The Kier molecular flexibility index (Phi) is 3.48. The van der Waals surface area contributed by atoms with Gasteiger partial charge in [0, 0.05) is 16.1 Å². The molecule has 2 aliphatic rings. The van der Waals surface area contributed by atoms with E-state index in [1.165, 1.54) is 24.0 Å². The third kappa shape index (κ3) is 2.01. The molecule has 1 heterocycles. The van der Waals surface area contributed by atoms with E-state index in [1.807, 2.05) is 7.05 Å². The van der Waals surface area contributed by atoms with E-state index in [4.69, 9.17) is 9.47 Å². The molecule has 0 fully saturated rings. The van der Waals surface area contributed by atoms with Crippen molar-refractivity contribution in [2.45, 2.75) is 31.7 Å². The van der Waals surface area contributed by atoms with Crippen LogP contribution in [-0.2, 0) is 6.42 Å². The molecule has 1 aromatic carbocycles. The van der Waals surface area contributed by atoms with Crippen LogP contribution in [0, 0.1) is 0 Å². The Morgan fingerprint density at radius 1 is 1.28 bits per heavy atom. The predicted molar refractivity (Wildman–Crippen MR) is 74.5 cm³/mol. The summed E-state index contributed by atoms with van der Waals surface area (Å²) in [4.78, 5) is 0. The van der Waals surface area contributed by atoms with Gasteiger partial charge in [-0.3, -0.25) is 0 Å². The van der Waals surface area contributed by atoms with Gasteiger partial charge in [0.15, 0.2) is 11.5 Å². The van der Waals surface area contributed by atoms with Gasteiger partial charge in [0.2, 0.25) is 0 Å². The van der Waals surface area contributed by atoms with Gasteiger partial charge >= 0.3 is 0 Å². The first-order valence-corrected chi connectivity index (χ1v) is 7.38. The van der Waals surface area contributed by atoms with Gasteiger partial charge in [-0.15, -0.1) is 0 Å². The van der Waals surface area contributed by atoms with Crippen LogP contribution in [-0.4, -0.2) is 20.3 Å². The third-order valence-corrected chi connectivity index (χ3v) is 4.50. The molecule has 1 aliphatic carbocycles. The summed E-state index contributed by atoms with van der Waals surface area (Å²) in [7, 11) is 2.02. The number of hydrogen-bond donors (Lipinski definition) is 1. The van der Waals surface area contributed by atoms with Crippen LogP contribution in [0.4, 0.5) is 0 Å². The van der Waals surface area contributed by atoms with E-state index in [-0.39, 0.29) is 0 Å². The first-order chi connectivity index (χ1) is 8.81. The standard InChI is InChI=1S/C14H18BrNO2/c1-16-11-5-3-2-4-9-10(15)8-12-14(13(9)11)18-7-6-17-12/h8,11,16H,2-7H2,1H3. The van der Waals surface area contributed by atoms with Gasteiger partial charge < -0.3 is 14.8 Å². The molecular formula is C14H18BrNO2. The zero-order chi connectivity index (χ0) is 12.5. The Labute approximate surface area is 116 Å². The zero-order valence-electron chi connectivity index (χ0n) is 10.6.